The van der Waals surface area contributed by atoms with Crippen molar-refractivity contribution in [2.45, 2.75) is 19.4 Å². The number of hydrogen-bond donors (Lipinski definition) is 0. The zero-order chi connectivity index (χ0) is 18.4. The molecule has 5 nitrogen and oxygen atoms in total. The third kappa shape index (κ3) is 4.63. The van der Waals surface area contributed by atoms with E-state index in [1.54, 1.807) is 11.9 Å². The van der Waals surface area contributed by atoms with Crippen LogP contribution in [0.2, 0.25) is 0 Å². The molecule has 1 heterocycles. The predicted octanol–water partition coefficient (Wildman–Crippen LogP) is 2.96. The van der Waals surface area contributed by atoms with Crippen LogP contribution in [0.4, 0.5) is 0 Å². The summed E-state index contributed by atoms with van der Waals surface area (Å²) in [4.78, 5) is 27.7. The molecule has 2 amide bonds. The maximum atomic E-state index is 12.5. The summed E-state index contributed by atoms with van der Waals surface area (Å²) in [5.41, 5.74) is 1.69. The largest absolute Gasteiger partial charge is 0.492 e. The molecular formula is C21H24N2O3. The maximum absolute atomic E-state index is 12.5. The van der Waals surface area contributed by atoms with Crippen molar-refractivity contribution in [2.75, 3.05) is 26.7 Å². The van der Waals surface area contributed by atoms with Crippen LogP contribution in [-0.4, -0.2) is 48.4 Å². The number of rotatable bonds is 7. The SMILES string of the molecule is CN(CCOc1ccccc1)C(=O)c1ccc(CN2CCCC2=O)cc1. The summed E-state index contributed by atoms with van der Waals surface area (Å²) in [5, 5.41) is 0. The Morgan fingerprint density at radius 2 is 1.85 bits per heavy atom. The van der Waals surface area contributed by atoms with E-state index >= 15 is 0 Å². The smallest absolute Gasteiger partial charge is 0.253 e. The third-order valence-corrected chi connectivity index (χ3v) is 4.53. The molecule has 0 aliphatic carbocycles. The van der Waals surface area contributed by atoms with Crippen molar-refractivity contribution in [1.82, 2.24) is 9.80 Å². The zero-order valence-electron chi connectivity index (χ0n) is 15.1. The molecule has 26 heavy (non-hydrogen) atoms. The summed E-state index contributed by atoms with van der Waals surface area (Å²) in [6.07, 6.45) is 1.58. The number of hydrogen-bond acceptors (Lipinski definition) is 3. The highest BCUT2D eigenvalue weighted by molar-refractivity contribution is 5.94. The van der Waals surface area contributed by atoms with Crippen LogP contribution in [0.1, 0.15) is 28.8 Å². The minimum Gasteiger partial charge on any atom is -0.492 e. The number of nitrogens with zero attached hydrogens (tertiary/aromatic N) is 2. The number of likely N-dealkylation sites (N-methyl/N-ethyl adjacent to an activating group) is 1. The summed E-state index contributed by atoms with van der Waals surface area (Å²) >= 11 is 0. The molecule has 1 fully saturated rings. The number of benzene rings is 2. The molecule has 0 unspecified atom stereocenters. The van der Waals surface area contributed by atoms with Gasteiger partial charge in [0.15, 0.2) is 0 Å². The second kappa shape index (κ2) is 8.52. The van der Waals surface area contributed by atoms with Gasteiger partial charge in [-0.25, -0.2) is 0 Å². The number of carbonyl (C=O) groups is 2. The number of amides is 2. The molecular weight excluding hydrogens is 328 g/mol. The van der Waals surface area contributed by atoms with Gasteiger partial charge in [-0.2, -0.15) is 0 Å². The molecule has 0 radical (unpaired) electrons. The first-order chi connectivity index (χ1) is 12.6. The Balaban J connectivity index is 1.49. The van der Waals surface area contributed by atoms with E-state index < -0.39 is 0 Å². The standard InChI is InChI=1S/C21H24N2O3/c1-22(14-15-26-19-6-3-2-4-7-19)21(25)18-11-9-17(10-12-18)16-23-13-5-8-20(23)24/h2-4,6-7,9-12H,5,8,13-16H2,1H3. The Morgan fingerprint density at radius 3 is 2.50 bits per heavy atom. The lowest BCUT2D eigenvalue weighted by atomic mass is 10.1. The van der Waals surface area contributed by atoms with Crippen LogP contribution >= 0.6 is 0 Å². The normalized spacial score (nSPS) is 13.7. The lowest BCUT2D eigenvalue weighted by Crippen LogP contribution is -2.31. The highest BCUT2D eigenvalue weighted by Crippen LogP contribution is 2.15. The average molecular weight is 352 g/mol. The van der Waals surface area contributed by atoms with Gasteiger partial charge < -0.3 is 14.5 Å². The molecule has 0 spiro atoms. The molecule has 1 aliphatic rings. The van der Waals surface area contributed by atoms with Crippen LogP contribution in [0.3, 0.4) is 0 Å². The van der Waals surface area contributed by atoms with Crippen molar-refractivity contribution in [3.8, 4) is 5.75 Å². The van der Waals surface area contributed by atoms with Crippen LogP contribution in [0.25, 0.3) is 0 Å². The number of carbonyl (C=O) groups excluding carboxylic acids is 2. The van der Waals surface area contributed by atoms with Crippen molar-refractivity contribution in [2.24, 2.45) is 0 Å². The number of likely N-dealkylation sites (tertiary alicyclic amines) is 1. The maximum Gasteiger partial charge on any atom is 0.253 e. The summed E-state index contributed by atoms with van der Waals surface area (Å²) in [7, 11) is 1.77. The van der Waals surface area contributed by atoms with Gasteiger partial charge in [-0.1, -0.05) is 30.3 Å². The van der Waals surface area contributed by atoms with Crippen molar-refractivity contribution in [3.05, 3.63) is 65.7 Å². The molecule has 0 bridgehead atoms. The van der Waals surface area contributed by atoms with Gasteiger partial charge in [-0.05, 0) is 36.2 Å². The Kier molecular flexibility index (Phi) is 5.89. The fourth-order valence-corrected chi connectivity index (χ4v) is 2.98. The Labute approximate surface area is 154 Å². The third-order valence-electron chi connectivity index (χ3n) is 4.53. The van der Waals surface area contributed by atoms with E-state index in [2.05, 4.69) is 0 Å². The van der Waals surface area contributed by atoms with E-state index in [0.717, 1.165) is 24.3 Å². The summed E-state index contributed by atoms with van der Waals surface area (Å²) in [6, 6.07) is 17.1. The van der Waals surface area contributed by atoms with Gasteiger partial charge in [0, 0.05) is 32.1 Å². The predicted molar refractivity (Wildman–Crippen MR) is 100.0 cm³/mol. The molecule has 1 saturated heterocycles. The minimum atomic E-state index is -0.0366. The van der Waals surface area contributed by atoms with Crippen molar-refractivity contribution < 1.29 is 14.3 Å². The first-order valence-electron chi connectivity index (χ1n) is 8.93. The first kappa shape index (κ1) is 18.0. The molecule has 2 aromatic rings. The highest BCUT2D eigenvalue weighted by atomic mass is 16.5. The number of ether oxygens (including phenoxy) is 1. The van der Waals surface area contributed by atoms with Gasteiger partial charge in [-0.3, -0.25) is 9.59 Å². The first-order valence-corrected chi connectivity index (χ1v) is 8.93. The number of para-hydroxylation sites is 1. The highest BCUT2D eigenvalue weighted by Gasteiger charge is 2.20. The Hall–Kier alpha value is -2.82. The van der Waals surface area contributed by atoms with Gasteiger partial charge in [0.25, 0.3) is 5.91 Å². The average Bonchev–Trinajstić information content (AvgIpc) is 3.07. The van der Waals surface area contributed by atoms with Crippen LogP contribution in [-0.2, 0) is 11.3 Å². The van der Waals surface area contributed by atoms with Crippen LogP contribution in [0.15, 0.2) is 54.6 Å². The van der Waals surface area contributed by atoms with Gasteiger partial charge in [-0.15, -0.1) is 0 Å². The van der Waals surface area contributed by atoms with Crippen molar-refractivity contribution >= 4 is 11.8 Å². The fourth-order valence-electron chi connectivity index (χ4n) is 2.98. The van der Waals surface area contributed by atoms with E-state index in [1.807, 2.05) is 59.5 Å². The Bertz CT molecular complexity index is 744. The molecule has 3 rings (SSSR count). The second-order valence-corrected chi connectivity index (χ2v) is 6.50. The van der Waals surface area contributed by atoms with E-state index in [1.165, 1.54) is 0 Å². The lowest BCUT2D eigenvalue weighted by molar-refractivity contribution is -0.128. The van der Waals surface area contributed by atoms with E-state index in [-0.39, 0.29) is 11.8 Å². The monoisotopic (exact) mass is 352 g/mol. The Morgan fingerprint density at radius 1 is 1.12 bits per heavy atom. The van der Waals surface area contributed by atoms with Crippen LogP contribution in [0.5, 0.6) is 5.75 Å². The van der Waals surface area contributed by atoms with E-state index in [4.69, 9.17) is 4.74 Å². The summed E-state index contributed by atoms with van der Waals surface area (Å²) in [6.45, 7) is 2.40. The quantitative estimate of drug-likeness (QED) is 0.770. The fraction of sp³-hybridized carbons (Fsp3) is 0.333. The van der Waals surface area contributed by atoms with Gasteiger partial charge in [0.05, 0.1) is 6.54 Å². The van der Waals surface area contributed by atoms with E-state index in [0.29, 0.717) is 31.7 Å². The van der Waals surface area contributed by atoms with Gasteiger partial charge in [0.1, 0.15) is 12.4 Å². The lowest BCUT2D eigenvalue weighted by Gasteiger charge is -2.18. The molecule has 0 atom stereocenters. The summed E-state index contributed by atoms with van der Waals surface area (Å²) < 4.78 is 5.63. The zero-order valence-corrected chi connectivity index (χ0v) is 15.1. The van der Waals surface area contributed by atoms with Crippen molar-refractivity contribution in [1.29, 1.82) is 0 Å². The molecule has 0 aromatic heterocycles. The minimum absolute atomic E-state index is 0.0366. The summed E-state index contributed by atoms with van der Waals surface area (Å²) in [5.74, 6) is 0.975. The molecule has 2 aromatic carbocycles. The molecule has 5 heteroatoms. The van der Waals surface area contributed by atoms with Crippen LogP contribution in [0, 0.1) is 0 Å². The molecule has 1 aliphatic heterocycles. The van der Waals surface area contributed by atoms with Gasteiger partial charge >= 0.3 is 0 Å². The van der Waals surface area contributed by atoms with Crippen LogP contribution < -0.4 is 4.74 Å². The van der Waals surface area contributed by atoms with Gasteiger partial charge in [0.2, 0.25) is 5.91 Å². The van der Waals surface area contributed by atoms with E-state index in [9.17, 15) is 9.59 Å². The second-order valence-electron chi connectivity index (χ2n) is 6.50. The molecule has 136 valence electrons. The topological polar surface area (TPSA) is 49.9 Å². The molecule has 0 N–H and O–H groups in total. The van der Waals surface area contributed by atoms with Crippen molar-refractivity contribution in [3.63, 3.8) is 0 Å². The molecule has 0 saturated carbocycles.